The van der Waals surface area contributed by atoms with Crippen LogP contribution >= 0.6 is 11.8 Å². The fourth-order valence-electron chi connectivity index (χ4n) is 2.74. The number of halogens is 1. The molecule has 1 aliphatic heterocycles. The van der Waals surface area contributed by atoms with Crippen molar-refractivity contribution in [1.29, 1.82) is 0 Å². The lowest BCUT2D eigenvalue weighted by Gasteiger charge is -2.35. The minimum absolute atomic E-state index is 0.0677. The molecule has 0 spiro atoms. The van der Waals surface area contributed by atoms with Gasteiger partial charge in [-0.05, 0) is 31.4 Å². The second-order valence-electron chi connectivity index (χ2n) is 5.74. The van der Waals surface area contributed by atoms with Crippen molar-refractivity contribution in [2.75, 3.05) is 23.7 Å². The van der Waals surface area contributed by atoms with E-state index in [1.54, 1.807) is 6.07 Å². The summed E-state index contributed by atoms with van der Waals surface area (Å²) in [6.45, 7) is 4.97. The van der Waals surface area contributed by atoms with Gasteiger partial charge in [-0.15, -0.1) is 0 Å². The molecule has 2 nitrogen and oxygen atoms in total. The Morgan fingerprint density at radius 1 is 1.40 bits per heavy atom. The highest BCUT2D eigenvalue weighted by atomic mass is 32.2. The molecular weight excluding hydrogens is 271 g/mol. The molecule has 0 aromatic heterocycles. The first-order chi connectivity index (χ1) is 9.78. The molecule has 1 aliphatic carbocycles. The summed E-state index contributed by atoms with van der Waals surface area (Å²) >= 11 is 2.05. The van der Waals surface area contributed by atoms with Crippen molar-refractivity contribution >= 4 is 17.4 Å². The summed E-state index contributed by atoms with van der Waals surface area (Å²) in [6, 6.07) is 6.12. The zero-order chi connectivity index (χ0) is 13.9. The molecule has 2 aliphatic rings. The summed E-state index contributed by atoms with van der Waals surface area (Å²) in [5.74, 6) is 1.08. The first-order valence-electron chi connectivity index (χ1n) is 7.65. The van der Waals surface area contributed by atoms with E-state index in [0.717, 1.165) is 30.1 Å². The Hall–Kier alpha value is -0.740. The summed E-state index contributed by atoms with van der Waals surface area (Å²) < 4.78 is 14.2. The van der Waals surface area contributed by atoms with Gasteiger partial charge in [-0.3, -0.25) is 0 Å². The van der Waals surface area contributed by atoms with E-state index in [1.165, 1.54) is 19.3 Å². The summed E-state index contributed by atoms with van der Waals surface area (Å²) in [5.41, 5.74) is 1.94. The maximum atomic E-state index is 14.2. The van der Waals surface area contributed by atoms with Gasteiger partial charge in [0.05, 0.1) is 0 Å². The van der Waals surface area contributed by atoms with Gasteiger partial charge in [-0.2, -0.15) is 11.8 Å². The topological polar surface area (TPSA) is 15.3 Å². The molecule has 3 rings (SSSR count). The molecule has 1 atom stereocenters. The zero-order valence-electron chi connectivity index (χ0n) is 12.1. The molecule has 1 saturated carbocycles. The average Bonchev–Trinajstić information content (AvgIpc) is 3.30. The second kappa shape index (κ2) is 6.35. The molecule has 0 amide bonds. The molecule has 1 aromatic carbocycles. The third-order valence-electron chi connectivity index (χ3n) is 4.17. The van der Waals surface area contributed by atoms with E-state index >= 15 is 0 Å². The Bertz CT molecular complexity index is 462. The standard InChI is InChI=1S/C16H23FN2S/c1-2-13-11-19(8-9-20-13)16-5-3-4-15(17)14(16)10-18-12-6-7-12/h3-5,12-13,18H,2,6-11H2,1H3. The highest BCUT2D eigenvalue weighted by Crippen LogP contribution is 2.30. The predicted octanol–water partition coefficient (Wildman–Crippen LogP) is 3.41. The quantitative estimate of drug-likeness (QED) is 0.896. The Balaban J connectivity index is 1.77. The van der Waals surface area contributed by atoms with Gasteiger partial charge in [0.15, 0.2) is 0 Å². The number of hydrogen-bond donors (Lipinski definition) is 1. The van der Waals surface area contributed by atoms with Crippen LogP contribution in [-0.4, -0.2) is 30.1 Å². The molecule has 0 bridgehead atoms. The second-order valence-corrected chi connectivity index (χ2v) is 7.15. The van der Waals surface area contributed by atoms with Crippen LogP contribution < -0.4 is 10.2 Å². The van der Waals surface area contributed by atoms with Crippen LogP contribution in [0, 0.1) is 5.82 Å². The van der Waals surface area contributed by atoms with Gasteiger partial charge in [0.1, 0.15) is 5.82 Å². The van der Waals surface area contributed by atoms with Crippen molar-refractivity contribution in [3.05, 3.63) is 29.6 Å². The van der Waals surface area contributed by atoms with E-state index in [0.29, 0.717) is 17.8 Å². The molecule has 1 N–H and O–H groups in total. The highest BCUT2D eigenvalue weighted by molar-refractivity contribution is 8.00. The summed E-state index contributed by atoms with van der Waals surface area (Å²) in [7, 11) is 0. The van der Waals surface area contributed by atoms with Crippen LogP contribution in [0.4, 0.5) is 10.1 Å². The van der Waals surface area contributed by atoms with Crippen LogP contribution in [0.3, 0.4) is 0 Å². The van der Waals surface area contributed by atoms with Gasteiger partial charge in [-0.25, -0.2) is 4.39 Å². The molecule has 0 radical (unpaired) electrons. The first kappa shape index (κ1) is 14.2. The van der Waals surface area contributed by atoms with Crippen molar-refractivity contribution in [3.8, 4) is 0 Å². The fourth-order valence-corrected chi connectivity index (χ4v) is 3.92. The monoisotopic (exact) mass is 294 g/mol. The molecular formula is C16H23FN2S. The van der Waals surface area contributed by atoms with Crippen molar-refractivity contribution in [1.82, 2.24) is 5.32 Å². The minimum Gasteiger partial charge on any atom is -0.369 e. The van der Waals surface area contributed by atoms with E-state index in [-0.39, 0.29) is 5.82 Å². The number of benzene rings is 1. The Labute approximate surface area is 125 Å². The number of nitrogens with one attached hydrogen (secondary N) is 1. The SMILES string of the molecule is CCC1CN(c2cccc(F)c2CNC2CC2)CCS1. The third-order valence-corrected chi connectivity index (χ3v) is 5.55. The van der Waals surface area contributed by atoms with Crippen LogP contribution in [0.15, 0.2) is 18.2 Å². The molecule has 20 heavy (non-hydrogen) atoms. The van der Waals surface area contributed by atoms with Crippen molar-refractivity contribution in [3.63, 3.8) is 0 Å². The Morgan fingerprint density at radius 2 is 2.25 bits per heavy atom. The average molecular weight is 294 g/mol. The van der Waals surface area contributed by atoms with E-state index in [1.807, 2.05) is 17.8 Å². The van der Waals surface area contributed by atoms with Gasteiger partial charge in [0.2, 0.25) is 0 Å². The van der Waals surface area contributed by atoms with E-state index in [4.69, 9.17) is 0 Å². The number of hydrogen-bond acceptors (Lipinski definition) is 3. The summed E-state index contributed by atoms with van der Waals surface area (Å²) in [4.78, 5) is 2.37. The maximum Gasteiger partial charge on any atom is 0.129 e. The van der Waals surface area contributed by atoms with Crippen LogP contribution in [0.5, 0.6) is 0 Å². The largest absolute Gasteiger partial charge is 0.369 e. The van der Waals surface area contributed by atoms with E-state index in [2.05, 4.69) is 23.2 Å². The molecule has 1 heterocycles. The third kappa shape index (κ3) is 3.29. The molecule has 4 heteroatoms. The van der Waals surface area contributed by atoms with Crippen molar-refractivity contribution in [2.24, 2.45) is 0 Å². The first-order valence-corrected chi connectivity index (χ1v) is 8.70. The van der Waals surface area contributed by atoms with Crippen LogP contribution in [0.25, 0.3) is 0 Å². The maximum absolute atomic E-state index is 14.2. The van der Waals surface area contributed by atoms with Gasteiger partial charge in [0, 0.05) is 47.9 Å². The van der Waals surface area contributed by atoms with E-state index in [9.17, 15) is 4.39 Å². The molecule has 110 valence electrons. The van der Waals surface area contributed by atoms with Crippen molar-refractivity contribution in [2.45, 2.75) is 44.0 Å². The van der Waals surface area contributed by atoms with Crippen LogP contribution in [-0.2, 0) is 6.54 Å². The number of rotatable bonds is 5. The zero-order valence-corrected chi connectivity index (χ0v) is 12.9. The van der Waals surface area contributed by atoms with Gasteiger partial charge in [-0.1, -0.05) is 13.0 Å². The number of thioether (sulfide) groups is 1. The molecule has 1 saturated heterocycles. The highest BCUT2D eigenvalue weighted by Gasteiger charge is 2.24. The minimum atomic E-state index is -0.0677. The summed E-state index contributed by atoms with van der Waals surface area (Å²) in [6.07, 6.45) is 3.66. The fraction of sp³-hybridized carbons (Fsp3) is 0.625. The van der Waals surface area contributed by atoms with Gasteiger partial charge < -0.3 is 10.2 Å². The lowest BCUT2D eigenvalue weighted by Crippen LogP contribution is -2.38. The van der Waals surface area contributed by atoms with Crippen LogP contribution in [0.1, 0.15) is 31.7 Å². The smallest absolute Gasteiger partial charge is 0.129 e. The van der Waals surface area contributed by atoms with Gasteiger partial charge >= 0.3 is 0 Å². The molecule has 2 fully saturated rings. The predicted molar refractivity (Wildman–Crippen MR) is 85.0 cm³/mol. The summed E-state index contributed by atoms with van der Waals surface area (Å²) in [5, 5.41) is 4.12. The number of anilines is 1. The molecule has 1 unspecified atom stereocenters. The van der Waals surface area contributed by atoms with Gasteiger partial charge in [0.25, 0.3) is 0 Å². The van der Waals surface area contributed by atoms with Crippen LogP contribution in [0.2, 0.25) is 0 Å². The Morgan fingerprint density at radius 3 is 3.00 bits per heavy atom. The Kier molecular flexibility index (Phi) is 4.51. The molecule has 1 aromatic rings. The lowest BCUT2D eigenvalue weighted by atomic mass is 10.1. The van der Waals surface area contributed by atoms with E-state index < -0.39 is 0 Å². The van der Waals surface area contributed by atoms with Crippen molar-refractivity contribution < 1.29 is 4.39 Å². The lowest BCUT2D eigenvalue weighted by molar-refractivity contribution is 0.584. The normalized spacial score (nSPS) is 23.1. The number of nitrogens with zero attached hydrogens (tertiary/aromatic N) is 1.